The summed E-state index contributed by atoms with van der Waals surface area (Å²) in [6.45, 7) is 4.53. The molecule has 0 radical (unpaired) electrons. The van der Waals surface area contributed by atoms with Crippen molar-refractivity contribution in [2.75, 3.05) is 43.4 Å². The number of anilines is 2. The van der Waals surface area contributed by atoms with Gasteiger partial charge in [0.1, 0.15) is 5.82 Å². The van der Waals surface area contributed by atoms with E-state index in [2.05, 4.69) is 37.4 Å². The van der Waals surface area contributed by atoms with E-state index in [0.717, 1.165) is 37.6 Å². The summed E-state index contributed by atoms with van der Waals surface area (Å²) < 4.78 is 0. The third kappa shape index (κ3) is 4.42. The van der Waals surface area contributed by atoms with Crippen molar-refractivity contribution < 1.29 is 4.79 Å². The van der Waals surface area contributed by atoms with Crippen LogP contribution in [0, 0.1) is 0 Å². The average molecular weight is 326 g/mol. The van der Waals surface area contributed by atoms with Crippen molar-refractivity contribution in [3.63, 3.8) is 0 Å². The van der Waals surface area contributed by atoms with Crippen molar-refractivity contribution in [3.05, 3.63) is 48.4 Å². The third-order valence-corrected chi connectivity index (χ3v) is 4.01. The number of urea groups is 1. The number of carbonyl (C=O) groups excluding carboxylic acids is 1. The third-order valence-electron chi connectivity index (χ3n) is 4.01. The van der Waals surface area contributed by atoms with Gasteiger partial charge < -0.3 is 20.4 Å². The molecule has 7 nitrogen and oxygen atoms in total. The molecule has 0 spiro atoms. The molecule has 1 aliphatic heterocycles. The molecule has 7 heteroatoms. The van der Waals surface area contributed by atoms with E-state index in [1.165, 1.54) is 0 Å². The molecule has 1 fully saturated rings. The molecule has 0 saturated carbocycles. The van der Waals surface area contributed by atoms with Gasteiger partial charge in [0.25, 0.3) is 0 Å². The van der Waals surface area contributed by atoms with Crippen LogP contribution in [0.3, 0.4) is 0 Å². The summed E-state index contributed by atoms with van der Waals surface area (Å²) in [6.07, 6.45) is 5.08. The summed E-state index contributed by atoms with van der Waals surface area (Å²) in [5, 5.41) is 5.55. The van der Waals surface area contributed by atoms with Crippen LogP contribution in [-0.4, -0.2) is 54.1 Å². The number of rotatable bonds is 4. The normalized spacial score (nSPS) is 15.1. The maximum atomic E-state index is 11.8. The largest absolute Gasteiger partial charge is 0.354 e. The van der Waals surface area contributed by atoms with Crippen LogP contribution in [0.4, 0.5) is 16.3 Å². The Bertz CT molecular complexity index is 653. The Morgan fingerprint density at radius 3 is 2.67 bits per heavy atom. The first-order valence-corrected chi connectivity index (χ1v) is 8.04. The molecule has 2 aromatic rings. The molecular weight excluding hydrogens is 304 g/mol. The highest BCUT2D eigenvalue weighted by molar-refractivity contribution is 5.88. The first-order chi connectivity index (χ1) is 11.7. The second-order valence-electron chi connectivity index (χ2n) is 5.86. The van der Waals surface area contributed by atoms with Gasteiger partial charge >= 0.3 is 6.03 Å². The van der Waals surface area contributed by atoms with E-state index in [9.17, 15) is 4.79 Å². The second-order valence-corrected chi connectivity index (χ2v) is 5.86. The van der Waals surface area contributed by atoms with Gasteiger partial charge in [-0.25, -0.2) is 9.78 Å². The van der Waals surface area contributed by atoms with Crippen molar-refractivity contribution in [1.29, 1.82) is 0 Å². The summed E-state index contributed by atoms with van der Waals surface area (Å²) in [6, 6.07) is 7.33. The van der Waals surface area contributed by atoms with Gasteiger partial charge in [0.2, 0.25) is 0 Å². The molecule has 2 amide bonds. The zero-order valence-electron chi connectivity index (χ0n) is 13.8. The van der Waals surface area contributed by atoms with Gasteiger partial charge in [-0.3, -0.25) is 4.98 Å². The van der Waals surface area contributed by atoms with Crippen LogP contribution in [0.1, 0.15) is 5.56 Å². The van der Waals surface area contributed by atoms with E-state index >= 15 is 0 Å². The number of hydrogen-bond acceptors (Lipinski definition) is 5. The van der Waals surface area contributed by atoms with Crippen LogP contribution >= 0.6 is 0 Å². The van der Waals surface area contributed by atoms with E-state index in [4.69, 9.17) is 0 Å². The van der Waals surface area contributed by atoms with Gasteiger partial charge in [0.05, 0.1) is 11.9 Å². The summed E-state index contributed by atoms with van der Waals surface area (Å²) >= 11 is 0. The molecule has 1 aliphatic rings. The lowest BCUT2D eigenvalue weighted by Crippen LogP contribution is -2.44. The van der Waals surface area contributed by atoms with E-state index in [-0.39, 0.29) is 6.03 Å². The molecule has 2 aromatic heterocycles. The molecule has 0 unspecified atom stereocenters. The molecular formula is C17H22N6O. The SMILES string of the molecule is CN1CCN(c2ccc(CNC(=O)Nc3cccnc3)cn2)CC1. The van der Waals surface area contributed by atoms with Gasteiger partial charge in [-0.2, -0.15) is 0 Å². The van der Waals surface area contributed by atoms with Crippen molar-refractivity contribution in [1.82, 2.24) is 20.2 Å². The summed E-state index contributed by atoms with van der Waals surface area (Å²) in [4.78, 5) is 24.9. The lowest BCUT2D eigenvalue weighted by atomic mass is 10.2. The van der Waals surface area contributed by atoms with Gasteiger partial charge in [-0.1, -0.05) is 6.07 Å². The molecule has 0 bridgehead atoms. The number of nitrogens with zero attached hydrogens (tertiary/aromatic N) is 4. The standard InChI is InChI=1S/C17H22N6O/c1-22-7-9-23(10-8-22)16-5-4-14(11-19-16)12-20-17(24)21-15-3-2-6-18-13-15/h2-6,11,13H,7-10,12H2,1H3,(H2,20,21,24). The maximum absolute atomic E-state index is 11.8. The molecule has 2 N–H and O–H groups in total. The predicted octanol–water partition coefficient (Wildman–Crippen LogP) is 1.55. The van der Waals surface area contributed by atoms with E-state index in [1.54, 1.807) is 24.5 Å². The smallest absolute Gasteiger partial charge is 0.319 e. The minimum Gasteiger partial charge on any atom is -0.354 e. The fourth-order valence-electron chi connectivity index (χ4n) is 2.54. The average Bonchev–Trinajstić information content (AvgIpc) is 2.62. The fraction of sp³-hybridized carbons (Fsp3) is 0.353. The predicted molar refractivity (Wildman–Crippen MR) is 94.0 cm³/mol. The van der Waals surface area contributed by atoms with Crippen LogP contribution in [0.2, 0.25) is 0 Å². The Morgan fingerprint density at radius 1 is 1.17 bits per heavy atom. The number of amides is 2. The Morgan fingerprint density at radius 2 is 2.00 bits per heavy atom. The number of nitrogens with one attached hydrogen (secondary N) is 2. The minimum absolute atomic E-state index is 0.258. The van der Waals surface area contributed by atoms with Crippen LogP contribution < -0.4 is 15.5 Å². The lowest BCUT2D eigenvalue weighted by molar-refractivity contribution is 0.251. The second kappa shape index (κ2) is 7.74. The molecule has 3 rings (SSSR count). The first kappa shape index (κ1) is 16.2. The van der Waals surface area contributed by atoms with Crippen LogP contribution in [0.5, 0.6) is 0 Å². The maximum Gasteiger partial charge on any atom is 0.319 e. The monoisotopic (exact) mass is 326 g/mol. The Hall–Kier alpha value is -2.67. The van der Waals surface area contributed by atoms with Crippen molar-refractivity contribution in [3.8, 4) is 0 Å². The molecule has 126 valence electrons. The highest BCUT2D eigenvalue weighted by Crippen LogP contribution is 2.13. The molecule has 24 heavy (non-hydrogen) atoms. The summed E-state index contributed by atoms with van der Waals surface area (Å²) in [5.41, 5.74) is 1.63. The molecule has 1 saturated heterocycles. The Labute approximate surface area is 141 Å². The van der Waals surface area contributed by atoms with Crippen LogP contribution in [0.15, 0.2) is 42.9 Å². The number of carbonyl (C=O) groups is 1. The number of pyridine rings is 2. The summed E-state index contributed by atoms with van der Waals surface area (Å²) in [7, 11) is 2.14. The lowest BCUT2D eigenvalue weighted by Gasteiger charge is -2.33. The number of likely N-dealkylation sites (N-methyl/N-ethyl adjacent to an activating group) is 1. The molecule has 0 aromatic carbocycles. The summed E-state index contributed by atoms with van der Waals surface area (Å²) in [5.74, 6) is 0.992. The topological polar surface area (TPSA) is 73.4 Å². The number of aromatic nitrogens is 2. The first-order valence-electron chi connectivity index (χ1n) is 8.04. The van der Waals surface area contributed by atoms with Gasteiger partial charge in [0, 0.05) is 45.1 Å². The number of hydrogen-bond donors (Lipinski definition) is 2. The highest BCUT2D eigenvalue weighted by Gasteiger charge is 2.14. The van der Waals surface area contributed by atoms with Crippen LogP contribution in [-0.2, 0) is 6.54 Å². The van der Waals surface area contributed by atoms with E-state index in [0.29, 0.717) is 12.2 Å². The van der Waals surface area contributed by atoms with E-state index < -0.39 is 0 Å². The zero-order chi connectivity index (χ0) is 16.8. The Balaban J connectivity index is 1.48. The quantitative estimate of drug-likeness (QED) is 0.892. The molecule has 0 atom stereocenters. The van der Waals surface area contributed by atoms with Crippen LogP contribution in [0.25, 0.3) is 0 Å². The van der Waals surface area contributed by atoms with Crippen molar-refractivity contribution >= 4 is 17.5 Å². The van der Waals surface area contributed by atoms with E-state index in [1.807, 2.05) is 18.3 Å². The fourth-order valence-corrected chi connectivity index (χ4v) is 2.54. The van der Waals surface area contributed by atoms with Gasteiger partial charge in [-0.05, 0) is 30.8 Å². The van der Waals surface area contributed by atoms with Crippen molar-refractivity contribution in [2.45, 2.75) is 6.54 Å². The molecule has 3 heterocycles. The highest BCUT2D eigenvalue weighted by atomic mass is 16.2. The molecule has 0 aliphatic carbocycles. The Kier molecular flexibility index (Phi) is 5.22. The van der Waals surface area contributed by atoms with Crippen molar-refractivity contribution in [2.24, 2.45) is 0 Å². The number of piperazine rings is 1. The van der Waals surface area contributed by atoms with Gasteiger partial charge in [-0.15, -0.1) is 0 Å². The zero-order valence-corrected chi connectivity index (χ0v) is 13.8. The minimum atomic E-state index is -0.258. The van der Waals surface area contributed by atoms with Gasteiger partial charge in [0.15, 0.2) is 0 Å².